The molecular weight excluding hydrogens is 346 g/mol. The van der Waals surface area contributed by atoms with Gasteiger partial charge < -0.3 is 10.2 Å². The number of piperazine rings is 1. The number of hydrogen-bond donors (Lipinski definition) is 1. The molecule has 2 amide bonds. The van der Waals surface area contributed by atoms with Gasteiger partial charge in [0.15, 0.2) is 0 Å². The Morgan fingerprint density at radius 2 is 2.00 bits per heavy atom. The SMILES string of the molecule is CCC1C(=O)NC(C)C(=O)N1Cc1c(F)ccc(Br)c1F. The normalized spacial score (nSPS) is 22.4. The molecule has 114 valence electrons. The van der Waals surface area contributed by atoms with Gasteiger partial charge in [-0.2, -0.15) is 0 Å². The van der Waals surface area contributed by atoms with Crippen LogP contribution in [0.5, 0.6) is 0 Å². The van der Waals surface area contributed by atoms with Gasteiger partial charge in [0.25, 0.3) is 0 Å². The molecule has 1 N–H and O–H groups in total. The third-order valence-corrected chi connectivity index (χ3v) is 4.16. The van der Waals surface area contributed by atoms with Crippen molar-refractivity contribution in [1.82, 2.24) is 10.2 Å². The number of benzene rings is 1. The number of amides is 2. The fourth-order valence-electron chi connectivity index (χ4n) is 2.39. The van der Waals surface area contributed by atoms with Gasteiger partial charge in [0.2, 0.25) is 11.8 Å². The number of halogens is 3. The summed E-state index contributed by atoms with van der Waals surface area (Å²) >= 11 is 2.99. The van der Waals surface area contributed by atoms with Gasteiger partial charge in [-0.05, 0) is 41.4 Å². The molecule has 1 heterocycles. The lowest BCUT2D eigenvalue weighted by Crippen LogP contribution is -2.61. The Hall–Kier alpha value is -1.50. The predicted molar refractivity (Wildman–Crippen MR) is 76.3 cm³/mol. The number of carbonyl (C=O) groups is 2. The molecule has 0 aliphatic carbocycles. The minimum absolute atomic E-state index is 0.119. The summed E-state index contributed by atoms with van der Waals surface area (Å²) in [6, 6.07) is 0.977. The van der Waals surface area contributed by atoms with Crippen LogP contribution < -0.4 is 5.32 Å². The van der Waals surface area contributed by atoms with E-state index in [0.717, 1.165) is 6.07 Å². The Balaban J connectivity index is 2.38. The van der Waals surface area contributed by atoms with Crippen LogP contribution in [0.4, 0.5) is 8.78 Å². The van der Waals surface area contributed by atoms with Crippen molar-refractivity contribution < 1.29 is 18.4 Å². The highest BCUT2D eigenvalue weighted by Crippen LogP contribution is 2.25. The van der Waals surface area contributed by atoms with Crippen LogP contribution in [0.25, 0.3) is 0 Å². The maximum absolute atomic E-state index is 14.0. The maximum atomic E-state index is 14.0. The summed E-state index contributed by atoms with van der Waals surface area (Å²) in [7, 11) is 0. The van der Waals surface area contributed by atoms with E-state index in [-0.39, 0.29) is 28.4 Å². The summed E-state index contributed by atoms with van der Waals surface area (Å²) in [5.41, 5.74) is -0.224. The van der Waals surface area contributed by atoms with E-state index in [9.17, 15) is 18.4 Å². The highest BCUT2D eigenvalue weighted by molar-refractivity contribution is 9.10. The molecule has 0 radical (unpaired) electrons. The highest BCUT2D eigenvalue weighted by Gasteiger charge is 2.38. The van der Waals surface area contributed by atoms with Crippen LogP contribution >= 0.6 is 15.9 Å². The first-order valence-corrected chi connectivity index (χ1v) is 7.39. The Kier molecular flexibility index (Phi) is 4.61. The molecule has 0 bridgehead atoms. The molecule has 1 aliphatic heterocycles. The van der Waals surface area contributed by atoms with Crippen LogP contribution in [-0.4, -0.2) is 28.8 Å². The van der Waals surface area contributed by atoms with Gasteiger partial charge in [0.05, 0.1) is 11.0 Å². The molecule has 2 atom stereocenters. The van der Waals surface area contributed by atoms with Crippen LogP contribution in [0.3, 0.4) is 0 Å². The van der Waals surface area contributed by atoms with E-state index in [1.165, 1.54) is 11.0 Å². The van der Waals surface area contributed by atoms with Crippen molar-refractivity contribution in [3.63, 3.8) is 0 Å². The van der Waals surface area contributed by atoms with Crippen molar-refractivity contribution in [1.29, 1.82) is 0 Å². The predicted octanol–water partition coefficient (Wildman–Crippen LogP) is 2.35. The molecule has 0 aromatic heterocycles. The largest absolute Gasteiger partial charge is 0.343 e. The van der Waals surface area contributed by atoms with Crippen molar-refractivity contribution in [2.75, 3.05) is 0 Å². The smallest absolute Gasteiger partial charge is 0.245 e. The van der Waals surface area contributed by atoms with Gasteiger partial charge in [-0.15, -0.1) is 0 Å². The minimum atomic E-state index is -0.753. The fraction of sp³-hybridized carbons (Fsp3) is 0.429. The number of hydrogen-bond acceptors (Lipinski definition) is 2. The Morgan fingerprint density at radius 1 is 1.33 bits per heavy atom. The summed E-state index contributed by atoms with van der Waals surface area (Å²) in [5, 5.41) is 2.56. The van der Waals surface area contributed by atoms with Crippen LogP contribution in [0.1, 0.15) is 25.8 Å². The Labute approximate surface area is 129 Å². The molecular formula is C14H15BrF2N2O2. The molecule has 1 aliphatic rings. The van der Waals surface area contributed by atoms with Gasteiger partial charge >= 0.3 is 0 Å². The van der Waals surface area contributed by atoms with E-state index < -0.39 is 23.7 Å². The monoisotopic (exact) mass is 360 g/mol. The van der Waals surface area contributed by atoms with E-state index in [0.29, 0.717) is 6.42 Å². The lowest BCUT2D eigenvalue weighted by atomic mass is 10.0. The molecule has 7 heteroatoms. The molecule has 2 unspecified atom stereocenters. The van der Waals surface area contributed by atoms with Crippen LogP contribution in [0.15, 0.2) is 16.6 Å². The summed E-state index contributed by atoms with van der Waals surface area (Å²) in [4.78, 5) is 25.4. The van der Waals surface area contributed by atoms with Gasteiger partial charge in [-0.3, -0.25) is 9.59 Å². The summed E-state index contributed by atoms with van der Waals surface area (Å²) < 4.78 is 28.0. The molecule has 2 rings (SSSR count). The first kappa shape index (κ1) is 15.9. The Bertz CT molecular complexity index is 595. The summed E-state index contributed by atoms with van der Waals surface area (Å²) in [6.45, 7) is 3.02. The number of carbonyl (C=O) groups excluding carboxylic acids is 2. The zero-order chi connectivity index (χ0) is 15.7. The van der Waals surface area contributed by atoms with Gasteiger partial charge in [0.1, 0.15) is 23.7 Å². The zero-order valence-electron chi connectivity index (χ0n) is 11.6. The average Bonchev–Trinajstić information content (AvgIpc) is 2.44. The first-order chi connectivity index (χ1) is 9.86. The van der Waals surface area contributed by atoms with Crippen LogP contribution in [0.2, 0.25) is 0 Å². The van der Waals surface area contributed by atoms with Gasteiger partial charge in [0, 0.05) is 5.56 Å². The molecule has 1 aromatic rings. The van der Waals surface area contributed by atoms with E-state index in [1.54, 1.807) is 13.8 Å². The van der Waals surface area contributed by atoms with Gasteiger partial charge in [-0.1, -0.05) is 6.92 Å². The topological polar surface area (TPSA) is 49.4 Å². The minimum Gasteiger partial charge on any atom is -0.343 e. The lowest BCUT2D eigenvalue weighted by Gasteiger charge is -2.37. The lowest BCUT2D eigenvalue weighted by molar-refractivity contribution is -0.149. The van der Waals surface area contributed by atoms with Crippen molar-refractivity contribution in [3.05, 3.63) is 33.8 Å². The van der Waals surface area contributed by atoms with E-state index in [1.807, 2.05) is 0 Å². The fourth-order valence-corrected chi connectivity index (χ4v) is 2.76. The molecule has 21 heavy (non-hydrogen) atoms. The zero-order valence-corrected chi connectivity index (χ0v) is 13.2. The second kappa shape index (κ2) is 6.09. The van der Waals surface area contributed by atoms with Crippen molar-refractivity contribution in [2.45, 2.75) is 38.9 Å². The van der Waals surface area contributed by atoms with Crippen LogP contribution in [0, 0.1) is 11.6 Å². The molecule has 1 saturated heterocycles. The van der Waals surface area contributed by atoms with E-state index >= 15 is 0 Å². The molecule has 0 saturated carbocycles. The highest BCUT2D eigenvalue weighted by atomic mass is 79.9. The van der Waals surface area contributed by atoms with Crippen molar-refractivity contribution >= 4 is 27.7 Å². The summed E-state index contributed by atoms with van der Waals surface area (Å²) in [5.74, 6) is -2.14. The van der Waals surface area contributed by atoms with Gasteiger partial charge in [-0.25, -0.2) is 8.78 Å². The average molecular weight is 361 g/mol. The second-order valence-corrected chi connectivity index (χ2v) is 5.80. The van der Waals surface area contributed by atoms with E-state index in [4.69, 9.17) is 0 Å². The standard InChI is InChI=1S/C14H15BrF2N2O2/c1-3-11-13(20)18-7(2)14(21)19(11)6-8-10(16)5-4-9(15)12(8)17/h4-5,7,11H,3,6H2,1-2H3,(H,18,20). The number of nitrogens with one attached hydrogen (secondary N) is 1. The number of nitrogens with zero attached hydrogens (tertiary/aromatic N) is 1. The molecule has 1 fully saturated rings. The quantitative estimate of drug-likeness (QED) is 0.841. The third kappa shape index (κ3) is 2.92. The number of rotatable bonds is 3. The Morgan fingerprint density at radius 3 is 2.62 bits per heavy atom. The van der Waals surface area contributed by atoms with Crippen LogP contribution in [-0.2, 0) is 16.1 Å². The molecule has 1 aromatic carbocycles. The maximum Gasteiger partial charge on any atom is 0.245 e. The summed E-state index contributed by atoms with van der Waals surface area (Å²) in [6.07, 6.45) is 0.377. The third-order valence-electron chi connectivity index (χ3n) is 3.55. The first-order valence-electron chi connectivity index (χ1n) is 6.60. The molecule has 0 spiro atoms. The second-order valence-electron chi connectivity index (χ2n) is 4.94. The van der Waals surface area contributed by atoms with Crippen molar-refractivity contribution in [3.8, 4) is 0 Å². The molecule has 4 nitrogen and oxygen atoms in total. The van der Waals surface area contributed by atoms with Crippen molar-refractivity contribution in [2.24, 2.45) is 0 Å². The van der Waals surface area contributed by atoms with E-state index in [2.05, 4.69) is 21.2 Å².